The first-order valence-corrected chi connectivity index (χ1v) is 8.95. The Labute approximate surface area is 138 Å². The second kappa shape index (κ2) is 5.05. The van der Waals surface area contributed by atoms with E-state index in [1.165, 1.54) is 5.56 Å². The minimum atomic E-state index is -0.0693. The molecular weight excluding hydrogens is 288 g/mol. The molecule has 0 spiro atoms. The Morgan fingerprint density at radius 1 is 1.00 bits per heavy atom. The topological polar surface area (TPSA) is 35.2 Å². The zero-order valence-electron chi connectivity index (χ0n) is 14.4. The van der Waals surface area contributed by atoms with Gasteiger partial charge in [-0.25, -0.2) is 0 Å². The van der Waals surface area contributed by atoms with Crippen molar-refractivity contribution in [2.75, 3.05) is 33.3 Å². The fraction of sp³-hybridized carbons (Fsp3) is 0.632. The Morgan fingerprint density at radius 3 is 1.87 bits per heavy atom. The van der Waals surface area contributed by atoms with E-state index in [9.17, 15) is 4.79 Å². The van der Waals surface area contributed by atoms with Gasteiger partial charge in [0.25, 0.3) is 0 Å². The molecule has 2 N–H and O–H groups in total. The Morgan fingerprint density at radius 2 is 1.48 bits per heavy atom. The number of ether oxygens (including phenoxy) is 1. The smallest absolute Gasteiger partial charge is 0.240 e. The highest BCUT2D eigenvalue weighted by Crippen LogP contribution is 2.40. The van der Waals surface area contributed by atoms with Gasteiger partial charge in [-0.15, -0.1) is 0 Å². The molecule has 0 aliphatic carbocycles. The number of piperidine rings is 2. The lowest BCUT2D eigenvalue weighted by Gasteiger charge is -2.60. The highest BCUT2D eigenvalue weighted by molar-refractivity contribution is 5.92. The summed E-state index contributed by atoms with van der Waals surface area (Å²) in [5, 5.41) is 0. The fourth-order valence-corrected chi connectivity index (χ4v) is 5.66. The number of nitrogens with one attached hydrogen (secondary N) is 2. The van der Waals surface area contributed by atoms with Crippen LogP contribution in [0, 0.1) is 10.8 Å². The highest BCUT2D eigenvalue weighted by Gasteiger charge is 2.70. The maximum atomic E-state index is 13.2. The van der Waals surface area contributed by atoms with Crippen molar-refractivity contribution in [2.45, 2.75) is 32.9 Å². The van der Waals surface area contributed by atoms with Crippen molar-refractivity contribution in [3.63, 3.8) is 0 Å². The summed E-state index contributed by atoms with van der Waals surface area (Å²) >= 11 is 0. The zero-order chi connectivity index (χ0) is 16.2. The standard InChI is InChI=1S/C19H26N2O2/c1-4-18-10-20-12-19(5-2,17(18)22)13-21(11-18)16(20)14-6-8-15(23-3)9-7-14/h6-9,16H,4-5,10-13H2,1-3H3/p+2. The minimum absolute atomic E-state index is 0.0693. The molecule has 4 nitrogen and oxygen atoms in total. The molecular formula is C19H28N2O2+2. The maximum Gasteiger partial charge on any atom is 0.240 e. The third-order valence-electron chi connectivity index (χ3n) is 6.84. The van der Waals surface area contributed by atoms with Crippen LogP contribution in [0.1, 0.15) is 38.4 Å². The van der Waals surface area contributed by atoms with Crippen LogP contribution in [0.15, 0.2) is 24.3 Å². The summed E-state index contributed by atoms with van der Waals surface area (Å²) in [5.41, 5.74) is 1.25. The Bertz CT molecular complexity index is 583. The first-order valence-electron chi connectivity index (χ1n) is 8.95. The number of Topliss-reactive ketones (excluding diaryl/α,β-unsaturated/α-hetero) is 1. The van der Waals surface area contributed by atoms with E-state index in [4.69, 9.17) is 4.74 Å². The average molecular weight is 316 g/mol. The Kier molecular flexibility index (Phi) is 3.33. The van der Waals surface area contributed by atoms with Gasteiger partial charge in [0.1, 0.15) is 42.8 Å². The van der Waals surface area contributed by atoms with Crippen LogP contribution >= 0.6 is 0 Å². The third kappa shape index (κ3) is 1.94. The number of hydrogen-bond acceptors (Lipinski definition) is 2. The van der Waals surface area contributed by atoms with Crippen molar-refractivity contribution in [1.82, 2.24) is 0 Å². The normalized spacial score (nSPS) is 41.3. The minimum Gasteiger partial charge on any atom is -0.497 e. The van der Waals surface area contributed by atoms with Crippen LogP contribution in [-0.2, 0) is 4.79 Å². The van der Waals surface area contributed by atoms with Crippen LogP contribution in [0.2, 0.25) is 0 Å². The molecule has 0 saturated carbocycles. The lowest BCUT2D eigenvalue weighted by atomic mass is 9.58. The van der Waals surface area contributed by atoms with E-state index < -0.39 is 0 Å². The van der Waals surface area contributed by atoms with Gasteiger partial charge in [0.2, 0.25) is 6.17 Å². The van der Waals surface area contributed by atoms with Crippen molar-refractivity contribution in [3.8, 4) is 5.75 Å². The highest BCUT2D eigenvalue weighted by atomic mass is 16.5. The molecule has 1 aromatic carbocycles. The van der Waals surface area contributed by atoms with Gasteiger partial charge in [-0.2, -0.15) is 0 Å². The van der Waals surface area contributed by atoms with Gasteiger partial charge in [-0.3, -0.25) is 14.6 Å². The number of methoxy groups -OCH3 is 1. The first-order chi connectivity index (χ1) is 11.1. The molecule has 4 bridgehead atoms. The Balaban J connectivity index is 1.71. The van der Waals surface area contributed by atoms with Gasteiger partial charge in [0.05, 0.1) is 12.7 Å². The molecule has 1 aromatic rings. The van der Waals surface area contributed by atoms with E-state index in [1.807, 2.05) is 0 Å². The van der Waals surface area contributed by atoms with Gasteiger partial charge in [-0.1, -0.05) is 13.8 Å². The lowest BCUT2D eigenvalue weighted by molar-refractivity contribution is -1.18. The molecule has 124 valence electrons. The molecule has 4 saturated heterocycles. The number of carbonyl (C=O) groups excluding carboxylic acids is 1. The summed E-state index contributed by atoms with van der Waals surface area (Å²) in [7, 11) is 1.71. The third-order valence-corrected chi connectivity index (χ3v) is 6.84. The first kappa shape index (κ1) is 15.2. The molecule has 4 heteroatoms. The van der Waals surface area contributed by atoms with Crippen molar-refractivity contribution < 1.29 is 19.3 Å². The summed E-state index contributed by atoms with van der Waals surface area (Å²) < 4.78 is 5.30. The molecule has 0 atom stereocenters. The summed E-state index contributed by atoms with van der Waals surface area (Å²) in [5.74, 6) is 1.49. The molecule has 0 unspecified atom stereocenters. The predicted octanol–water partition coefficient (Wildman–Crippen LogP) is -0.134. The molecule has 4 aliphatic heterocycles. The number of benzene rings is 1. The van der Waals surface area contributed by atoms with E-state index in [-0.39, 0.29) is 10.8 Å². The van der Waals surface area contributed by atoms with E-state index >= 15 is 0 Å². The van der Waals surface area contributed by atoms with Crippen molar-refractivity contribution in [1.29, 1.82) is 0 Å². The van der Waals surface area contributed by atoms with Gasteiger partial charge in [0, 0.05) is 0 Å². The van der Waals surface area contributed by atoms with Gasteiger partial charge >= 0.3 is 0 Å². The number of carbonyl (C=O) groups is 1. The van der Waals surface area contributed by atoms with E-state index in [0.717, 1.165) is 44.8 Å². The second-order valence-corrected chi connectivity index (χ2v) is 7.83. The van der Waals surface area contributed by atoms with Gasteiger partial charge < -0.3 is 4.74 Å². The van der Waals surface area contributed by atoms with Crippen LogP contribution in [-0.4, -0.2) is 39.1 Å². The SMILES string of the molecule is CCC12C[NH+]3CC(CC)(C[NH+](C1)C3c1ccc(OC)cc1)C2=O. The molecule has 4 heterocycles. The summed E-state index contributed by atoms with van der Waals surface area (Å²) in [6.45, 7) is 8.49. The van der Waals surface area contributed by atoms with Crippen LogP contribution in [0.4, 0.5) is 0 Å². The number of rotatable bonds is 4. The van der Waals surface area contributed by atoms with Crippen LogP contribution in [0.3, 0.4) is 0 Å². The predicted molar refractivity (Wildman–Crippen MR) is 87.6 cm³/mol. The zero-order valence-corrected chi connectivity index (χ0v) is 14.4. The van der Waals surface area contributed by atoms with Crippen molar-refractivity contribution in [3.05, 3.63) is 29.8 Å². The number of quaternary nitrogens is 2. The lowest BCUT2D eigenvalue weighted by Crippen LogP contribution is -3.41. The molecule has 4 fully saturated rings. The fourth-order valence-electron chi connectivity index (χ4n) is 5.66. The quantitative estimate of drug-likeness (QED) is 0.811. The summed E-state index contributed by atoms with van der Waals surface area (Å²) in [4.78, 5) is 16.4. The van der Waals surface area contributed by atoms with Crippen molar-refractivity contribution >= 4 is 5.78 Å². The maximum absolute atomic E-state index is 13.2. The van der Waals surface area contributed by atoms with Gasteiger partial charge in [0.15, 0.2) is 5.78 Å². The van der Waals surface area contributed by atoms with Crippen LogP contribution in [0.5, 0.6) is 5.75 Å². The average Bonchev–Trinajstić information content (AvgIpc) is 2.58. The Hall–Kier alpha value is -1.39. The van der Waals surface area contributed by atoms with Crippen LogP contribution in [0.25, 0.3) is 0 Å². The molecule has 0 amide bonds. The molecule has 23 heavy (non-hydrogen) atoms. The summed E-state index contributed by atoms with van der Waals surface area (Å²) in [6.07, 6.45) is 2.47. The second-order valence-electron chi connectivity index (χ2n) is 7.83. The van der Waals surface area contributed by atoms with Gasteiger partial charge in [-0.05, 0) is 37.1 Å². The molecule has 4 aliphatic rings. The van der Waals surface area contributed by atoms with E-state index in [1.54, 1.807) is 16.9 Å². The van der Waals surface area contributed by atoms with Crippen molar-refractivity contribution in [2.24, 2.45) is 10.8 Å². The summed E-state index contributed by atoms with van der Waals surface area (Å²) in [6, 6.07) is 8.56. The number of ketones is 1. The van der Waals surface area contributed by atoms with E-state index in [0.29, 0.717) is 11.9 Å². The molecule has 0 radical (unpaired) electrons. The molecule has 0 aromatic heterocycles. The van der Waals surface area contributed by atoms with Crippen LogP contribution < -0.4 is 14.5 Å². The molecule has 5 rings (SSSR count). The number of hydrogen-bond donors (Lipinski definition) is 2. The van der Waals surface area contributed by atoms with E-state index in [2.05, 4.69) is 38.1 Å². The monoisotopic (exact) mass is 316 g/mol. The largest absolute Gasteiger partial charge is 0.497 e.